The monoisotopic (exact) mass is 714 g/mol. The molecule has 2 heterocycles. The van der Waals surface area contributed by atoms with Crippen molar-refractivity contribution in [2.75, 3.05) is 19.0 Å². The molecule has 11 nitrogen and oxygen atoms in total. The van der Waals surface area contributed by atoms with Gasteiger partial charge >= 0.3 is 16.3 Å². The van der Waals surface area contributed by atoms with E-state index >= 15 is 0 Å². The zero-order valence-electron chi connectivity index (χ0n) is 26.4. The van der Waals surface area contributed by atoms with Crippen molar-refractivity contribution in [1.29, 1.82) is 0 Å². The minimum atomic E-state index is -4.17. The smallest absolute Gasteiger partial charge is 0.386 e. The molecule has 46 heavy (non-hydrogen) atoms. The summed E-state index contributed by atoms with van der Waals surface area (Å²) in [6.45, 7) is 6.52. The molecule has 246 valence electrons. The van der Waals surface area contributed by atoms with Gasteiger partial charge in [-0.2, -0.15) is 12.7 Å². The summed E-state index contributed by atoms with van der Waals surface area (Å²) in [5, 5.41) is 19.9. The predicted molar refractivity (Wildman–Crippen MR) is 178 cm³/mol. The lowest BCUT2D eigenvalue weighted by molar-refractivity contribution is -0.143. The highest BCUT2D eigenvalue weighted by molar-refractivity contribution is 9.09. The van der Waals surface area contributed by atoms with Gasteiger partial charge in [-0.15, -0.1) is 5.10 Å². The maximum absolute atomic E-state index is 13.3. The Morgan fingerprint density at radius 1 is 1.11 bits per heavy atom. The van der Waals surface area contributed by atoms with E-state index in [1.807, 2.05) is 35.9 Å². The molecule has 0 fully saturated rings. The average Bonchev–Trinajstić information content (AvgIpc) is 3.45. The Balaban J connectivity index is 1.54. The normalized spacial score (nSPS) is 15.6. The van der Waals surface area contributed by atoms with E-state index in [0.717, 1.165) is 58.9 Å². The highest BCUT2D eigenvalue weighted by Gasteiger charge is 2.37. The Morgan fingerprint density at radius 3 is 2.65 bits per heavy atom. The van der Waals surface area contributed by atoms with Crippen molar-refractivity contribution in [3.63, 3.8) is 0 Å². The van der Waals surface area contributed by atoms with Gasteiger partial charge in [0.2, 0.25) is 0 Å². The molecular weight excluding hydrogens is 676 g/mol. The van der Waals surface area contributed by atoms with Crippen LogP contribution in [0.1, 0.15) is 79.3 Å². The first kappa shape index (κ1) is 33.7. The number of aromatic hydroxyl groups is 1. The summed E-state index contributed by atoms with van der Waals surface area (Å²) in [5.74, 6) is -0.0958. The van der Waals surface area contributed by atoms with E-state index in [1.54, 1.807) is 19.9 Å². The number of fused-ring (bicyclic) bond motifs is 2. The summed E-state index contributed by atoms with van der Waals surface area (Å²) >= 11 is 3.48. The summed E-state index contributed by atoms with van der Waals surface area (Å²) in [4.78, 5) is 13.0. The largest absolute Gasteiger partial charge is 0.508 e. The van der Waals surface area contributed by atoms with Crippen molar-refractivity contribution < 1.29 is 32.0 Å². The number of halogens is 1. The van der Waals surface area contributed by atoms with E-state index in [9.17, 15) is 18.3 Å². The van der Waals surface area contributed by atoms with E-state index < -0.39 is 22.3 Å². The third-order valence-electron chi connectivity index (χ3n) is 8.43. The van der Waals surface area contributed by atoms with Gasteiger partial charge in [-0.1, -0.05) is 39.7 Å². The fourth-order valence-electron chi connectivity index (χ4n) is 6.01. The number of aryl methyl sites for hydroxylation is 2. The van der Waals surface area contributed by atoms with E-state index in [0.29, 0.717) is 16.9 Å². The average molecular weight is 716 g/mol. The number of unbranched alkanes of at least 4 members (excludes halogenated alkanes) is 2. The molecule has 13 heteroatoms. The van der Waals surface area contributed by atoms with Crippen molar-refractivity contribution in [3.8, 4) is 17.2 Å². The fraction of sp³-hybridized carbons (Fsp3) is 0.424. The van der Waals surface area contributed by atoms with Crippen molar-refractivity contribution in [1.82, 2.24) is 19.3 Å². The highest BCUT2D eigenvalue weighted by Crippen LogP contribution is 2.41. The highest BCUT2D eigenvalue weighted by atomic mass is 79.9. The van der Waals surface area contributed by atoms with Crippen molar-refractivity contribution >= 4 is 43.2 Å². The second-order valence-electron chi connectivity index (χ2n) is 11.3. The molecule has 0 saturated heterocycles. The maximum atomic E-state index is 13.3. The van der Waals surface area contributed by atoms with Crippen LogP contribution >= 0.6 is 15.9 Å². The summed E-state index contributed by atoms with van der Waals surface area (Å²) in [6.07, 6.45) is 3.25. The molecule has 3 aromatic carbocycles. The van der Waals surface area contributed by atoms with Gasteiger partial charge in [0, 0.05) is 35.5 Å². The van der Waals surface area contributed by atoms with Gasteiger partial charge in [0.15, 0.2) is 0 Å². The first-order chi connectivity index (χ1) is 22.1. The molecule has 0 spiro atoms. The van der Waals surface area contributed by atoms with Crippen molar-refractivity contribution in [2.24, 2.45) is 0 Å². The van der Waals surface area contributed by atoms with Gasteiger partial charge in [-0.05, 0) is 86.7 Å². The number of rotatable bonds is 13. The Morgan fingerprint density at radius 2 is 1.91 bits per heavy atom. The fourth-order valence-corrected chi connectivity index (χ4v) is 7.69. The number of methoxy groups -OCH3 is 1. The number of nitrogens with zero attached hydrogens (tertiary/aromatic N) is 4. The van der Waals surface area contributed by atoms with Crippen LogP contribution in [0.3, 0.4) is 0 Å². The minimum Gasteiger partial charge on any atom is -0.508 e. The van der Waals surface area contributed by atoms with E-state index in [1.165, 1.54) is 29.6 Å². The number of phenols is 1. The first-order valence-electron chi connectivity index (χ1n) is 15.3. The maximum Gasteiger partial charge on any atom is 0.386 e. The minimum absolute atomic E-state index is 0.00554. The summed E-state index contributed by atoms with van der Waals surface area (Å²) in [5.41, 5.74) is 5.43. The zero-order valence-corrected chi connectivity index (χ0v) is 28.8. The van der Waals surface area contributed by atoms with Gasteiger partial charge in [0.05, 0.1) is 31.7 Å². The molecule has 2 atom stereocenters. The van der Waals surface area contributed by atoms with Crippen LogP contribution in [0.25, 0.3) is 11.0 Å². The number of ether oxygens (including phenoxy) is 2. The lowest BCUT2D eigenvalue weighted by atomic mass is 9.84. The second kappa shape index (κ2) is 14.4. The SMILES string of the molecule is CCOC(=O)CC(c1ccc(OC)c(C(C)N2Cc3cc(O)ccc3OS2(=O)=O)c1)c1ccc2c(nnn2CCCCCBr)c1C. The third-order valence-corrected chi connectivity index (χ3v) is 10.4. The summed E-state index contributed by atoms with van der Waals surface area (Å²) in [6, 6.07) is 13.2. The standard InChI is InChI=1S/C33H39BrN4O7S/c1-5-44-32(40)19-28(26-11-12-29-33(21(26)2)35-36-37(29)16-8-6-7-15-34)23-9-13-31(43-4)27(18-23)22(3)38-20-24-17-25(39)10-14-30(24)45-46(38,41)42/h9-14,17-18,22,28,39H,5-8,15-16,19-20H2,1-4H3. The van der Waals surface area contributed by atoms with Crippen molar-refractivity contribution in [2.45, 2.75) is 71.5 Å². The molecule has 0 bridgehead atoms. The van der Waals surface area contributed by atoms with E-state index in [-0.39, 0.29) is 37.0 Å². The number of carbonyl (C=O) groups excluding carboxylic acids is 1. The lowest BCUT2D eigenvalue weighted by Gasteiger charge is -2.33. The number of phenolic OH excluding ortho intramolecular Hbond substituents is 1. The first-order valence-corrected chi connectivity index (χ1v) is 17.8. The molecule has 5 rings (SSSR count). The van der Waals surface area contributed by atoms with Crippen molar-refractivity contribution in [3.05, 3.63) is 76.3 Å². The van der Waals surface area contributed by atoms with Crippen LogP contribution in [-0.2, 0) is 32.9 Å². The Hall–Kier alpha value is -3.68. The number of esters is 1. The van der Waals surface area contributed by atoms with Crippen LogP contribution in [0, 0.1) is 6.92 Å². The molecule has 0 aliphatic carbocycles. The molecule has 4 aromatic rings. The van der Waals surface area contributed by atoms with E-state index in [4.69, 9.17) is 13.7 Å². The molecule has 1 aromatic heterocycles. The third kappa shape index (κ3) is 7.01. The van der Waals surface area contributed by atoms with Gasteiger partial charge in [0.25, 0.3) is 0 Å². The molecule has 0 radical (unpaired) electrons. The quantitative estimate of drug-likeness (QED) is 0.0962. The number of hydrogen-bond donors (Lipinski definition) is 1. The molecule has 1 aliphatic heterocycles. The Kier molecular flexibility index (Phi) is 10.5. The molecule has 1 aliphatic rings. The molecular formula is C33H39BrN4O7S. The van der Waals surface area contributed by atoms with Crippen LogP contribution in [0.4, 0.5) is 0 Å². The van der Waals surface area contributed by atoms with E-state index in [2.05, 4.69) is 26.2 Å². The molecule has 1 N–H and O–H groups in total. The topological polar surface area (TPSA) is 133 Å². The number of carbonyl (C=O) groups is 1. The number of benzene rings is 3. The predicted octanol–water partition coefficient (Wildman–Crippen LogP) is 6.30. The zero-order chi connectivity index (χ0) is 33.0. The number of aromatic nitrogens is 3. The van der Waals surface area contributed by atoms with Crippen LogP contribution in [0.2, 0.25) is 0 Å². The molecule has 0 saturated carbocycles. The van der Waals surface area contributed by atoms with Gasteiger partial charge in [0.1, 0.15) is 22.8 Å². The van der Waals surface area contributed by atoms with Gasteiger partial charge in [-0.3, -0.25) is 4.79 Å². The lowest BCUT2D eigenvalue weighted by Crippen LogP contribution is -2.39. The number of hydrogen-bond acceptors (Lipinski definition) is 9. The molecule has 0 amide bonds. The Labute approximate surface area is 277 Å². The van der Waals surface area contributed by atoms with Crippen LogP contribution in [0.15, 0.2) is 48.5 Å². The summed E-state index contributed by atoms with van der Waals surface area (Å²) < 4.78 is 46.2. The number of alkyl halides is 1. The van der Waals surface area contributed by atoms with Gasteiger partial charge < -0.3 is 18.8 Å². The summed E-state index contributed by atoms with van der Waals surface area (Å²) in [7, 11) is -2.65. The Bertz CT molecular complexity index is 1830. The molecule has 2 unspecified atom stereocenters. The van der Waals surface area contributed by atoms with Crippen LogP contribution in [-0.4, -0.2) is 57.8 Å². The van der Waals surface area contributed by atoms with Gasteiger partial charge in [-0.25, -0.2) is 4.68 Å². The van der Waals surface area contributed by atoms with Crippen LogP contribution < -0.4 is 8.92 Å². The second-order valence-corrected chi connectivity index (χ2v) is 13.6. The van der Waals surface area contributed by atoms with Crippen LogP contribution in [0.5, 0.6) is 17.2 Å².